The maximum Gasteiger partial charge on any atom is 0.242 e. The lowest BCUT2D eigenvalue weighted by atomic mass is 10.2. The first-order chi connectivity index (χ1) is 12.2. The Kier molecular flexibility index (Phi) is 5.33. The van der Waals surface area contributed by atoms with Gasteiger partial charge in [0.2, 0.25) is 5.91 Å². The summed E-state index contributed by atoms with van der Waals surface area (Å²) in [5.41, 5.74) is 1.31. The largest absolute Gasteiger partial charge is 0.497 e. The van der Waals surface area contributed by atoms with E-state index in [4.69, 9.17) is 18.9 Å². The molecule has 1 heterocycles. The molecule has 0 radical (unpaired) electrons. The highest BCUT2D eigenvalue weighted by molar-refractivity contribution is 9.09. The van der Waals surface area contributed by atoms with Crippen LogP contribution in [0.2, 0.25) is 0 Å². The molecule has 2 aromatic rings. The van der Waals surface area contributed by atoms with Gasteiger partial charge in [0, 0.05) is 24.3 Å². The number of amides is 1. The molecule has 0 spiro atoms. The molecule has 0 saturated carbocycles. The minimum absolute atomic E-state index is 0.132. The lowest BCUT2D eigenvalue weighted by Crippen LogP contribution is -2.27. The zero-order chi connectivity index (χ0) is 17.8. The number of fused-ring (bicyclic) bond motifs is 1. The fraction of sp³-hybridized carbons (Fsp3) is 0.278. The molecule has 0 fully saturated rings. The molecule has 7 heteroatoms. The molecule has 0 atom stereocenters. The van der Waals surface area contributed by atoms with Gasteiger partial charge in [-0.25, -0.2) is 0 Å². The van der Waals surface area contributed by atoms with Gasteiger partial charge in [0.1, 0.15) is 24.7 Å². The Bertz CT molecular complexity index is 758. The van der Waals surface area contributed by atoms with Crippen molar-refractivity contribution in [2.45, 2.75) is 0 Å². The van der Waals surface area contributed by atoms with Crippen molar-refractivity contribution in [2.75, 3.05) is 37.7 Å². The lowest BCUT2D eigenvalue weighted by Gasteiger charge is -2.25. The van der Waals surface area contributed by atoms with Crippen molar-refractivity contribution in [1.82, 2.24) is 0 Å². The zero-order valence-corrected chi connectivity index (χ0v) is 15.5. The predicted octanol–water partition coefficient (Wildman–Crippen LogP) is 3.53. The van der Waals surface area contributed by atoms with Crippen molar-refractivity contribution in [3.63, 3.8) is 0 Å². The summed E-state index contributed by atoms with van der Waals surface area (Å²) in [5.74, 6) is 2.35. The van der Waals surface area contributed by atoms with Crippen LogP contribution in [0.3, 0.4) is 0 Å². The van der Waals surface area contributed by atoms with Gasteiger partial charge >= 0.3 is 0 Å². The molecule has 25 heavy (non-hydrogen) atoms. The Hall–Kier alpha value is -2.41. The van der Waals surface area contributed by atoms with E-state index in [2.05, 4.69) is 15.9 Å². The van der Waals surface area contributed by atoms with Gasteiger partial charge in [-0.05, 0) is 12.1 Å². The molecule has 6 nitrogen and oxygen atoms in total. The third-order valence-corrected chi connectivity index (χ3v) is 4.22. The van der Waals surface area contributed by atoms with E-state index in [0.29, 0.717) is 47.6 Å². The number of benzene rings is 2. The third kappa shape index (κ3) is 3.66. The Morgan fingerprint density at radius 1 is 1.00 bits per heavy atom. The predicted molar refractivity (Wildman–Crippen MR) is 97.9 cm³/mol. The van der Waals surface area contributed by atoms with Crippen LogP contribution in [0.5, 0.6) is 23.0 Å². The first kappa shape index (κ1) is 17.4. The van der Waals surface area contributed by atoms with E-state index in [-0.39, 0.29) is 11.2 Å². The molecule has 0 saturated heterocycles. The van der Waals surface area contributed by atoms with E-state index < -0.39 is 0 Å². The number of hydrogen-bond acceptors (Lipinski definition) is 5. The van der Waals surface area contributed by atoms with Crippen LogP contribution in [0, 0.1) is 0 Å². The van der Waals surface area contributed by atoms with Gasteiger partial charge in [-0.2, -0.15) is 0 Å². The Balaban J connectivity index is 2.08. The van der Waals surface area contributed by atoms with Crippen molar-refractivity contribution in [1.29, 1.82) is 0 Å². The van der Waals surface area contributed by atoms with Gasteiger partial charge in [-0.3, -0.25) is 9.69 Å². The maximum atomic E-state index is 12.6. The molecule has 1 aliphatic rings. The average Bonchev–Trinajstić information content (AvgIpc) is 2.67. The summed E-state index contributed by atoms with van der Waals surface area (Å²) in [6.07, 6.45) is 0. The highest BCUT2D eigenvalue weighted by atomic mass is 79.9. The van der Waals surface area contributed by atoms with Gasteiger partial charge in [0.25, 0.3) is 0 Å². The molecule has 132 valence electrons. The van der Waals surface area contributed by atoms with Crippen LogP contribution in [0.4, 0.5) is 11.4 Å². The van der Waals surface area contributed by atoms with E-state index in [9.17, 15) is 4.79 Å². The molecule has 0 bridgehead atoms. The summed E-state index contributed by atoms with van der Waals surface area (Å²) in [7, 11) is 3.14. The van der Waals surface area contributed by atoms with E-state index in [1.165, 1.54) is 0 Å². The average molecular weight is 408 g/mol. The van der Waals surface area contributed by atoms with Crippen LogP contribution < -0.4 is 23.8 Å². The van der Waals surface area contributed by atoms with E-state index in [1.807, 2.05) is 6.07 Å². The quantitative estimate of drug-likeness (QED) is 0.709. The van der Waals surface area contributed by atoms with Crippen molar-refractivity contribution >= 4 is 33.2 Å². The van der Waals surface area contributed by atoms with Gasteiger partial charge in [-0.1, -0.05) is 15.9 Å². The fourth-order valence-electron chi connectivity index (χ4n) is 2.59. The fourth-order valence-corrected chi connectivity index (χ4v) is 2.84. The molecular formula is C18H18BrNO5. The van der Waals surface area contributed by atoms with Crippen molar-refractivity contribution < 1.29 is 23.7 Å². The summed E-state index contributed by atoms with van der Waals surface area (Å²) in [6.45, 7) is 0.999. The van der Waals surface area contributed by atoms with Crippen LogP contribution in [-0.4, -0.2) is 38.7 Å². The number of ether oxygens (including phenoxy) is 4. The molecule has 3 rings (SSSR count). The zero-order valence-electron chi connectivity index (χ0n) is 14.0. The summed E-state index contributed by atoms with van der Waals surface area (Å²) in [5, 5.41) is 0.168. The minimum atomic E-state index is -0.132. The second-order valence-corrected chi connectivity index (χ2v) is 5.82. The number of methoxy groups -OCH3 is 2. The van der Waals surface area contributed by atoms with Crippen LogP contribution in [0.1, 0.15) is 0 Å². The van der Waals surface area contributed by atoms with Crippen LogP contribution in [0.25, 0.3) is 0 Å². The molecule has 1 amide bonds. The number of alkyl halides is 1. The van der Waals surface area contributed by atoms with Gasteiger partial charge in [-0.15, -0.1) is 0 Å². The maximum absolute atomic E-state index is 12.6. The second kappa shape index (κ2) is 7.65. The van der Waals surface area contributed by atoms with Crippen molar-refractivity contribution in [3.8, 4) is 23.0 Å². The van der Waals surface area contributed by atoms with Gasteiger partial charge < -0.3 is 18.9 Å². The second-order valence-electron chi connectivity index (χ2n) is 5.26. The number of anilines is 2. The SMILES string of the molecule is COc1cc(OC)cc(N(C(=O)CBr)c2ccc3c(c2)OCCO3)c1. The number of halogens is 1. The van der Waals surface area contributed by atoms with Crippen molar-refractivity contribution in [2.24, 2.45) is 0 Å². The molecular weight excluding hydrogens is 390 g/mol. The monoisotopic (exact) mass is 407 g/mol. The van der Waals surface area contributed by atoms with Gasteiger partial charge in [0.05, 0.1) is 30.9 Å². The van der Waals surface area contributed by atoms with Gasteiger partial charge in [0.15, 0.2) is 11.5 Å². The summed E-state index contributed by atoms with van der Waals surface area (Å²) in [6, 6.07) is 10.7. The standard InChI is InChI=1S/C18H18BrNO5/c1-22-14-7-13(8-15(10-14)23-2)20(18(21)11-19)12-3-4-16-17(9-12)25-6-5-24-16/h3-4,7-10H,5-6,11H2,1-2H3. The normalized spacial score (nSPS) is 12.4. The van der Waals surface area contributed by atoms with Crippen LogP contribution in [-0.2, 0) is 4.79 Å². The van der Waals surface area contributed by atoms with Crippen LogP contribution in [0.15, 0.2) is 36.4 Å². The number of carbonyl (C=O) groups excluding carboxylic acids is 1. The minimum Gasteiger partial charge on any atom is -0.497 e. The van der Waals surface area contributed by atoms with E-state index >= 15 is 0 Å². The molecule has 0 aliphatic carbocycles. The summed E-state index contributed by atoms with van der Waals surface area (Å²) < 4.78 is 21.8. The topological polar surface area (TPSA) is 57.2 Å². The van der Waals surface area contributed by atoms with Crippen molar-refractivity contribution in [3.05, 3.63) is 36.4 Å². The third-order valence-electron chi connectivity index (χ3n) is 3.74. The van der Waals surface area contributed by atoms with Crippen LogP contribution >= 0.6 is 15.9 Å². The number of rotatable bonds is 5. The first-order valence-electron chi connectivity index (χ1n) is 7.68. The highest BCUT2D eigenvalue weighted by Gasteiger charge is 2.21. The smallest absolute Gasteiger partial charge is 0.242 e. The molecule has 2 aromatic carbocycles. The molecule has 0 aromatic heterocycles. The first-order valence-corrected chi connectivity index (χ1v) is 8.80. The molecule has 1 aliphatic heterocycles. The number of carbonyl (C=O) groups is 1. The number of nitrogens with zero attached hydrogens (tertiary/aromatic N) is 1. The van der Waals surface area contributed by atoms with E-state index in [1.54, 1.807) is 49.5 Å². The summed E-state index contributed by atoms with van der Waals surface area (Å²) >= 11 is 3.25. The molecule has 0 N–H and O–H groups in total. The highest BCUT2D eigenvalue weighted by Crippen LogP contribution is 2.38. The Morgan fingerprint density at radius 3 is 2.24 bits per heavy atom. The number of hydrogen-bond donors (Lipinski definition) is 0. The Labute approximate surface area is 154 Å². The lowest BCUT2D eigenvalue weighted by molar-refractivity contribution is -0.115. The molecule has 0 unspecified atom stereocenters. The van der Waals surface area contributed by atoms with E-state index in [0.717, 1.165) is 0 Å². The Morgan fingerprint density at radius 2 is 1.64 bits per heavy atom. The summed E-state index contributed by atoms with van der Waals surface area (Å²) in [4.78, 5) is 14.2.